The van der Waals surface area contributed by atoms with Crippen LogP contribution in [0.5, 0.6) is 0 Å². The summed E-state index contributed by atoms with van der Waals surface area (Å²) in [7, 11) is 0. The van der Waals surface area contributed by atoms with Gasteiger partial charge in [-0.2, -0.15) is 15.0 Å². The first-order valence-electron chi connectivity index (χ1n) is 4.91. The maximum Gasteiger partial charge on any atom is 0.240 e. The standard InChI is InChI=1S/C9H13N7/c1-6-12-4-5-16(6)9-14-7(2-3-10)13-8(11)15-9/h4-5H,2-3,10H2,1H3,(H2,11,13,14,15). The molecule has 2 aromatic rings. The van der Waals surface area contributed by atoms with E-state index in [1.165, 1.54) is 0 Å². The SMILES string of the molecule is Cc1nccn1-c1nc(N)nc(CCN)n1. The Hall–Kier alpha value is -2.02. The van der Waals surface area contributed by atoms with Gasteiger partial charge in [0, 0.05) is 18.8 Å². The Morgan fingerprint density at radius 3 is 2.75 bits per heavy atom. The van der Waals surface area contributed by atoms with Gasteiger partial charge in [-0.05, 0) is 13.5 Å². The van der Waals surface area contributed by atoms with Gasteiger partial charge in [-0.25, -0.2) is 4.98 Å². The number of anilines is 1. The van der Waals surface area contributed by atoms with Crippen molar-refractivity contribution in [2.45, 2.75) is 13.3 Å². The topological polar surface area (TPSA) is 109 Å². The Morgan fingerprint density at radius 1 is 1.31 bits per heavy atom. The van der Waals surface area contributed by atoms with Crippen LogP contribution in [0.25, 0.3) is 5.95 Å². The van der Waals surface area contributed by atoms with E-state index >= 15 is 0 Å². The molecule has 0 aliphatic rings. The molecule has 0 saturated carbocycles. The first kappa shape index (κ1) is 10.5. The Labute approximate surface area is 92.6 Å². The number of aromatic nitrogens is 5. The fraction of sp³-hybridized carbons (Fsp3) is 0.333. The number of nitrogen functional groups attached to an aromatic ring is 1. The maximum absolute atomic E-state index is 5.61. The van der Waals surface area contributed by atoms with Crippen molar-refractivity contribution in [2.75, 3.05) is 12.3 Å². The minimum atomic E-state index is 0.196. The van der Waals surface area contributed by atoms with Gasteiger partial charge in [0.05, 0.1) is 0 Å². The van der Waals surface area contributed by atoms with E-state index in [1.807, 2.05) is 6.92 Å². The van der Waals surface area contributed by atoms with E-state index in [9.17, 15) is 0 Å². The number of hydrogen-bond acceptors (Lipinski definition) is 6. The van der Waals surface area contributed by atoms with Crippen molar-refractivity contribution in [3.8, 4) is 5.95 Å². The maximum atomic E-state index is 5.61. The molecular formula is C9H13N7. The first-order chi connectivity index (χ1) is 7.70. The number of nitrogens with two attached hydrogens (primary N) is 2. The average molecular weight is 219 g/mol. The van der Waals surface area contributed by atoms with Crippen molar-refractivity contribution in [1.29, 1.82) is 0 Å². The van der Waals surface area contributed by atoms with E-state index in [1.54, 1.807) is 17.0 Å². The van der Waals surface area contributed by atoms with Crippen LogP contribution >= 0.6 is 0 Å². The lowest BCUT2D eigenvalue weighted by atomic mass is 10.4. The molecule has 0 aromatic carbocycles. The second-order valence-corrected chi connectivity index (χ2v) is 3.29. The summed E-state index contributed by atoms with van der Waals surface area (Å²) < 4.78 is 1.75. The smallest absolute Gasteiger partial charge is 0.240 e. The van der Waals surface area contributed by atoms with Gasteiger partial charge in [-0.15, -0.1) is 0 Å². The van der Waals surface area contributed by atoms with Crippen molar-refractivity contribution in [1.82, 2.24) is 24.5 Å². The number of rotatable bonds is 3. The summed E-state index contributed by atoms with van der Waals surface area (Å²) in [5, 5.41) is 0. The van der Waals surface area contributed by atoms with Crippen LogP contribution in [-0.4, -0.2) is 31.0 Å². The fourth-order valence-corrected chi connectivity index (χ4v) is 1.36. The second kappa shape index (κ2) is 4.23. The molecule has 0 amide bonds. The van der Waals surface area contributed by atoms with Crippen molar-refractivity contribution in [3.05, 3.63) is 24.0 Å². The molecule has 2 aromatic heterocycles. The van der Waals surface area contributed by atoms with Crippen molar-refractivity contribution in [3.63, 3.8) is 0 Å². The summed E-state index contributed by atoms with van der Waals surface area (Å²) in [5.74, 6) is 2.06. The molecule has 84 valence electrons. The number of nitrogens with zero attached hydrogens (tertiary/aromatic N) is 5. The summed E-state index contributed by atoms with van der Waals surface area (Å²) in [5.41, 5.74) is 11.1. The predicted octanol–water partition coefficient (Wildman–Crippen LogP) is -0.551. The molecule has 0 aliphatic heterocycles. The zero-order valence-corrected chi connectivity index (χ0v) is 8.96. The fourth-order valence-electron chi connectivity index (χ4n) is 1.36. The molecule has 0 fully saturated rings. The van der Waals surface area contributed by atoms with Gasteiger partial charge in [0.25, 0.3) is 0 Å². The molecule has 0 atom stereocenters. The second-order valence-electron chi connectivity index (χ2n) is 3.29. The van der Waals surface area contributed by atoms with E-state index in [0.29, 0.717) is 24.7 Å². The van der Waals surface area contributed by atoms with Crippen LogP contribution in [0.4, 0.5) is 5.95 Å². The largest absolute Gasteiger partial charge is 0.368 e. The highest BCUT2D eigenvalue weighted by Crippen LogP contribution is 2.06. The number of imidazole rings is 1. The van der Waals surface area contributed by atoms with Gasteiger partial charge >= 0.3 is 0 Å². The zero-order valence-electron chi connectivity index (χ0n) is 8.96. The minimum Gasteiger partial charge on any atom is -0.368 e. The molecule has 7 heteroatoms. The molecule has 0 saturated heterocycles. The molecule has 0 radical (unpaired) electrons. The van der Waals surface area contributed by atoms with Gasteiger partial charge in [-0.1, -0.05) is 0 Å². The first-order valence-corrected chi connectivity index (χ1v) is 4.91. The molecule has 2 rings (SSSR count). The minimum absolute atomic E-state index is 0.196. The highest BCUT2D eigenvalue weighted by molar-refractivity contribution is 5.24. The van der Waals surface area contributed by atoms with Crippen LogP contribution in [-0.2, 0) is 6.42 Å². The van der Waals surface area contributed by atoms with E-state index in [-0.39, 0.29) is 5.95 Å². The molecule has 7 nitrogen and oxygen atoms in total. The average Bonchev–Trinajstić information content (AvgIpc) is 2.64. The third kappa shape index (κ3) is 1.98. The summed E-state index contributed by atoms with van der Waals surface area (Å²) in [6.45, 7) is 2.34. The molecule has 2 heterocycles. The van der Waals surface area contributed by atoms with Gasteiger partial charge < -0.3 is 11.5 Å². The number of aryl methyl sites for hydroxylation is 1. The van der Waals surface area contributed by atoms with Crippen molar-refractivity contribution in [2.24, 2.45) is 5.73 Å². The lowest BCUT2D eigenvalue weighted by Gasteiger charge is -2.05. The molecule has 0 aliphatic carbocycles. The Balaban J connectivity index is 2.45. The molecule has 0 spiro atoms. The highest BCUT2D eigenvalue weighted by atomic mass is 15.2. The molecule has 0 bridgehead atoms. The van der Waals surface area contributed by atoms with E-state index in [2.05, 4.69) is 19.9 Å². The van der Waals surface area contributed by atoms with Gasteiger partial charge in [0.15, 0.2) is 0 Å². The lowest BCUT2D eigenvalue weighted by molar-refractivity contribution is 0.800. The van der Waals surface area contributed by atoms with Crippen molar-refractivity contribution >= 4 is 5.95 Å². The van der Waals surface area contributed by atoms with E-state index in [4.69, 9.17) is 11.5 Å². The van der Waals surface area contributed by atoms with Gasteiger partial charge in [-0.3, -0.25) is 4.57 Å². The normalized spacial score (nSPS) is 10.6. The Kier molecular flexibility index (Phi) is 2.78. The number of hydrogen-bond donors (Lipinski definition) is 2. The molecule has 4 N–H and O–H groups in total. The van der Waals surface area contributed by atoms with Crippen LogP contribution in [0.3, 0.4) is 0 Å². The van der Waals surface area contributed by atoms with Crippen LogP contribution in [0.2, 0.25) is 0 Å². The summed E-state index contributed by atoms with van der Waals surface area (Å²) >= 11 is 0. The quantitative estimate of drug-likeness (QED) is 0.716. The van der Waals surface area contributed by atoms with E-state index < -0.39 is 0 Å². The molecule has 0 unspecified atom stereocenters. The van der Waals surface area contributed by atoms with Crippen molar-refractivity contribution < 1.29 is 0 Å². The molecule has 16 heavy (non-hydrogen) atoms. The van der Waals surface area contributed by atoms with Crippen LogP contribution in [0, 0.1) is 6.92 Å². The summed E-state index contributed by atoms with van der Waals surface area (Å²) in [4.78, 5) is 16.4. The third-order valence-corrected chi connectivity index (χ3v) is 2.10. The Bertz CT molecular complexity index is 490. The van der Waals surface area contributed by atoms with Crippen LogP contribution < -0.4 is 11.5 Å². The third-order valence-electron chi connectivity index (χ3n) is 2.10. The van der Waals surface area contributed by atoms with Gasteiger partial charge in [0.2, 0.25) is 11.9 Å². The highest BCUT2D eigenvalue weighted by Gasteiger charge is 2.07. The van der Waals surface area contributed by atoms with Crippen LogP contribution in [0.15, 0.2) is 12.4 Å². The Morgan fingerprint density at radius 2 is 2.12 bits per heavy atom. The van der Waals surface area contributed by atoms with Crippen LogP contribution in [0.1, 0.15) is 11.6 Å². The lowest BCUT2D eigenvalue weighted by Crippen LogP contribution is -2.13. The predicted molar refractivity (Wildman–Crippen MR) is 58.9 cm³/mol. The zero-order chi connectivity index (χ0) is 11.5. The van der Waals surface area contributed by atoms with E-state index in [0.717, 1.165) is 5.82 Å². The van der Waals surface area contributed by atoms with Gasteiger partial charge in [0.1, 0.15) is 11.6 Å². The summed E-state index contributed by atoms with van der Waals surface area (Å²) in [6.07, 6.45) is 4.03. The monoisotopic (exact) mass is 219 g/mol. The molecular weight excluding hydrogens is 206 g/mol. The summed E-state index contributed by atoms with van der Waals surface area (Å²) in [6, 6.07) is 0.